The van der Waals surface area contributed by atoms with E-state index in [2.05, 4.69) is 10.2 Å². The molecule has 1 aromatic carbocycles. The van der Waals surface area contributed by atoms with Gasteiger partial charge in [0.2, 0.25) is 5.91 Å². The number of hydrogen-bond donors (Lipinski definition) is 2. The number of nitrogens with zero attached hydrogens (tertiary/aromatic N) is 1. The Labute approximate surface area is 131 Å². The first-order chi connectivity index (χ1) is 10.1. The van der Waals surface area contributed by atoms with Crippen molar-refractivity contribution in [2.75, 3.05) is 19.6 Å². The number of likely N-dealkylation sites (tertiary alicyclic amines) is 1. The molecule has 3 N–H and O–H groups in total. The van der Waals surface area contributed by atoms with Crippen LogP contribution in [0.4, 0.5) is 0 Å². The summed E-state index contributed by atoms with van der Waals surface area (Å²) in [5, 5.41) is 3.04. The van der Waals surface area contributed by atoms with Crippen LogP contribution in [0.5, 0.6) is 0 Å². The summed E-state index contributed by atoms with van der Waals surface area (Å²) in [5.74, 6) is -0.664. The number of carbonyl (C=O) groups excluding carboxylic acids is 1. The number of hydrogen-bond acceptors (Lipinski definition) is 3. The Hall–Kier alpha value is -1.46. The van der Waals surface area contributed by atoms with Crippen LogP contribution in [0, 0.1) is 0 Å². The first kappa shape index (κ1) is 15.9. The van der Waals surface area contributed by atoms with Gasteiger partial charge in [-0.2, -0.15) is 0 Å². The molecule has 1 heterocycles. The fraction of sp³-hybridized carbons (Fsp3) is 0.500. The average molecular weight is 305 g/mol. The van der Waals surface area contributed by atoms with E-state index in [-0.39, 0.29) is 16.9 Å². The number of nitrogens with two attached hydrogens (primary N) is 1. The smallest absolute Gasteiger partial charge is 0.234 e. The number of benzene rings is 1. The summed E-state index contributed by atoms with van der Waals surface area (Å²) in [6.07, 6.45) is 2.50. The minimum absolute atomic E-state index is 0.0937. The largest absolute Gasteiger partial charge is 0.392 e. The van der Waals surface area contributed by atoms with Crippen LogP contribution in [0.1, 0.15) is 31.2 Å². The minimum atomic E-state index is -0.553. The third-order valence-corrected chi connectivity index (χ3v) is 4.03. The number of nitrogens with one attached hydrogen (secondary N) is 1. The molecule has 5 heteroatoms. The van der Waals surface area contributed by atoms with Crippen molar-refractivity contribution in [3.8, 4) is 0 Å². The molecule has 0 saturated carbocycles. The maximum Gasteiger partial charge on any atom is 0.234 e. The van der Waals surface area contributed by atoms with Crippen LogP contribution in [0.2, 0.25) is 0 Å². The van der Waals surface area contributed by atoms with E-state index >= 15 is 0 Å². The molecule has 0 bridgehead atoms. The predicted molar refractivity (Wildman–Crippen MR) is 89.2 cm³/mol. The van der Waals surface area contributed by atoms with Gasteiger partial charge in [-0.05, 0) is 38.4 Å². The SMILES string of the molecule is CC(CN1CCCC1)NC(=O)C(C(N)=S)c1ccccc1. The maximum absolute atomic E-state index is 12.5. The van der Waals surface area contributed by atoms with Gasteiger partial charge in [0, 0.05) is 12.6 Å². The molecule has 1 aliphatic rings. The number of rotatable bonds is 6. The first-order valence-corrected chi connectivity index (χ1v) is 7.85. The van der Waals surface area contributed by atoms with Crippen LogP contribution in [0.3, 0.4) is 0 Å². The molecule has 0 aliphatic carbocycles. The first-order valence-electron chi connectivity index (χ1n) is 7.45. The lowest BCUT2D eigenvalue weighted by Gasteiger charge is -2.23. The zero-order valence-electron chi connectivity index (χ0n) is 12.4. The van der Waals surface area contributed by atoms with Crippen molar-refractivity contribution in [3.63, 3.8) is 0 Å². The standard InChI is InChI=1S/C16H23N3OS/c1-12(11-19-9-5-6-10-19)18-16(20)14(15(17)21)13-7-3-2-4-8-13/h2-4,7-8,12,14H,5-6,9-11H2,1H3,(H2,17,21)(H,18,20). The highest BCUT2D eigenvalue weighted by Gasteiger charge is 2.25. The lowest BCUT2D eigenvalue weighted by molar-refractivity contribution is -0.121. The Morgan fingerprint density at radius 2 is 1.95 bits per heavy atom. The van der Waals surface area contributed by atoms with Crippen molar-refractivity contribution >= 4 is 23.1 Å². The Morgan fingerprint density at radius 3 is 2.52 bits per heavy atom. The second kappa shape index (κ2) is 7.52. The normalized spacial score (nSPS) is 18.1. The molecule has 0 spiro atoms. The highest BCUT2D eigenvalue weighted by molar-refractivity contribution is 7.80. The summed E-state index contributed by atoms with van der Waals surface area (Å²) in [6.45, 7) is 5.15. The van der Waals surface area contributed by atoms with E-state index in [0.717, 1.165) is 25.2 Å². The zero-order valence-corrected chi connectivity index (χ0v) is 13.2. The molecule has 0 radical (unpaired) electrons. The summed E-state index contributed by atoms with van der Waals surface area (Å²) in [6, 6.07) is 9.55. The van der Waals surface area contributed by atoms with E-state index in [4.69, 9.17) is 18.0 Å². The highest BCUT2D eigenvalue weighted by Crippen LogP contribution is 2.16. The van der Waals surface area contributed by atoms with Crippen molar-refractivity contribution in [2.45, 2.75) is 31.7 Å². The Balaban J connectivity index is 1.97. The van der Waals surface area contributed by atoms with E-state index in [0.29, 0.717) is 0 Å². The van der Waals surface area contributed by atoms with Gasteiger partial charge in [0.05, 0.1) is 4.99 Å². The summed E-state index contributed by atoms with van der Waals surface area (Å²) >= 11 is 5.08. The monoisotopic (exact) mass is 305 g/mol. The van der Waals surface area contributed by atoms with E-state index in [9.17, 15) is 4.79 Å². The predicted octanol–water partition coefficient (Wildman–Crippen LogP) is 1.66. The van der Waals surface area contributed by atoms with Crippen LogP contribution in [0.25, 0.3) is 0 Å². The van der Waals surface area contributed by atoms with E-state index in [1.807, 2.05) is 37.3 Å². The van der Waals surface area contributed by atoms with Gasteiger partial charge in [0.1, 0.15) is 5.92 Å². The molecule has 21 heavy (non-hydrogen) atoms. The Kier molecular flexibility index (Phi) is 5.70. The molecular weight excluding hydrogens is 282 g/mol. The van der Waals surface area contributed by atoms with Crippen molar-refractivity contribution in [2.24, 2.45) is 5.73 Å². The quantitative estimate of drug-likeness (QED) is 0.785. The van der Waals surface area contributed by atoms with Crippen LogP contribution < -0.4 is 11.1 Å². The van der Waals surface area contributed by atoms with Crippen molar-refractivity contribution in [3.05, 3.63) is 35.9 Å². The van der Waals surface area contributed by atoms with Gasteiger partial charge in [0.15, 0.2) is 0 Å². The van der Waals surface area contributed by atoms with Crippen LogP contribution in [0.15, 0.2) is 30.3 Å². The summed E-state index contributed by atoms with van der Waals surface area (Å²) in [7, 11) is 0. The van der Waals surface area contributed by atoms with Gasteiger partial charge in [-0.25, -0.2) is 0 Å². The van der Waals surface area contributed by atoms with Crippen molar-refractivity contribution < 1.29 is 4.79 Å². The molecule has 1 saturated heterocycles. The molecule has 2 rings (SSSR count). The van der Waals surface area contributed by atoms with Crippen LogP contribution >= 0.6 is 12.2 Å². The topological polar surface area (TPSA) is 58.4 Å². The molecular formula is C16H23N3OS. The number of carbonyl (C=O) groups is 1. The van der Waals surface area contributed by atoms with E-state index < -0.39 is 5.92 Å². The van der Waals surface area contributed by atoms with E-state index in [1.165, 1.54) is 12.8 Å². The molecule has 4 nitrogen and oxygen atoms in total. The zero-order chi connectivity index (χ0) is 15.2. The van der Waals surface area contributed by atoms with E-state index in [1.54, 1.807) is 0 Å². The highest BCUT2D eigenvalue weighted by atomic mass is 32.1. The summed E-state index contributed by atoms with van der Waals surface area (Å²) < 4.78 is 0. The Bertz CT molecular complexity index is 486. The van der Waals surface area contributed by atoms with Crippen LogP contribution in [-0.2, 0) is 4.79 Å². The summed E-state index contributed by atoms with van der Waals surface area (Å²) in [5.41, 5.74) is 6.61. The molecule has 0 aromatic heterocycles. The van der Waals surface area contributed by atoms with Gasteiger partial charge in [-0.15, -0.1) is 0 Å². The van der Waals surface area contributed by atoms with Crippen molar-refractivity contribution in [1.29, 1.82) is 0 Å². The fourth-order valence-corrected chi connectivity index (χ4v) is 3.06. The Morgan fingerprint density at radius 1 is 1.33 bits per heavy atom. The molecule has 2 atom stereocenters. The van der Waals surface area contributed by atoms with Gasteiger partial charge in [-0.1, -0.05) is 42.5 Å². The minimum Gasteiger partial charge on any atom is -0.392 e. The average Bonchev–Trinajstić information content (AvgIpc) is 2.92. The molecule has 1 amide bonds. The second-order valence-electron chi connectivity index (χ2n) is 5.66. The molecule has 114 valence electrons. The fourth-order valence-electron chi connectivity index (χ4n) is 2.81. The molecule has 1 aliphatic heterocycles. The lowest BCUT2D eigenvalue weighted by Crippen LogP contribution is -2.45. The van der Waals surface area contributed by atoms with Gasteiger partial charge >= 0.3 is 0 Å². The third kappa shape index (κ3) is 4.51. The molecule has 1 fully saturated rings. The number of amides is 1. The summed E-state index contributed by atoms with van der Waals surface area (Å²) in [4.78, 5) is 15.1. The molecule has 2 unspecified atom stereocenters. The van der Waals surface area contributed by atoms with Gasteiger partial charge < -0.3 is 16.0 Å². The second-order valence-corrected chi connectivity index (χ2v) is 6.13. The number of thiocarbonyl (C=S) groups is 1. The van der Waals surface area contributed by atoms with Gasteiger partial charge in [-0.3, -0.25) is 4.79 Å². The maximum atomic E-state index is 12.5. The van der Waals surface area contributed by atoms with Crippen LogP contribution in [-0.4, -0.2) is 41.5 Å². The van der Waals surface area contributed by atoms with Gasteiger partial charge in [0.25, 0.3) is 0 Å². The third-order valence-electron chi connectivity index (χ3n) is 3.80. The molecule has 1 aromatic rings. The van der Waals surface area contributed by atoms with Crippen molar-refractivity contribution in [1.82, 2.24) is 10.2 Å². The lowest BCUT2D eigenvalue weighted by atomic mass is 9.98.